The second kappa shape index (κ2) is 4.88. The lowest BCUT2D eigenvalue weighted by Crippen LogP contribution is -2.24. The predicted octanol–water partition coefficient (Wildman–Crippen LogP) is 2.93. The Balaban J connectivity index is 1.41. The van der Waals surface area contributed by atoms with E-state index in [0.29, 0.717) is 18.3 Å². The Labute approximate surface area is 108 Å². The summed E-state index contributed by atoms with van der Waals surface area (Å²) in [6.07, 6.45) is 3.95. The quantitative estimate of drug-likeness (QED) is 0.768. The molecule has 3 heteroatoms. The highest BCUT2D eigenvalue weighted by Crippen LogP contribution is 2.41. The van der Waals surface area contributed by atoms with Crippen molar-refractivity contribution in [2.75, 3.05) is 20.2 Å². The van der Waals surface area contributed by atoms with Crippen molar-refractivity contribution in [3.63, 3.8) is 0 Å². The molecule has 2 nitrogen and oxygen atoms in total. The van der Waals surface area contributed by atoms with Crippen LogP contribution in [0.5, 0.6) is 5.75 Å². The minimum absolute atomic E-state index is 0.259. The van der Waals surface area contributed by atoms with Gasteiger partial charge in [0.05, 0.1) is 6.61 Å². The van der Waals surface area contributed by atoms with Gasteiger partial charge in [0.1, 0.15) is 0 Å². The van der Waals surface area contributed by atoms with Crippen LogP contribution >= 0.6 is 0 Å². The van der Waals surface area contributed by atoms with Crippen molar-refractivity contribution >= 4 is 0 Å². The molecule has 0 aliphatic heterocycles. The molecule has 98 valence electrons. The minimum Gasteiger partial charge on any atom is -0.490 e. The Morgan fingerprint density at radius 2 is 2.06 bits per heavy atom. The fourth-order valence-electron chi connectivity index (χ4n) is 2.53. The average molecular weight is 249 g/mol. The van der Waals surface area contributed by atoms with Crippen LogP contribution in [0.25, 0.3) is 0 Å². The molecule has 18 heavy (non-hydrogen) atoms. The summed E-state index contributed by atoms with van der Waals surface area (Å²) >= 11 is 0. The molecular weight excluding hydrogens is 229 g/mol. The van der Waals surface area contributed by atoms with Gasteiger partial charge in [0, 0.05) is 12.6 Å². The van der Waals surface area contributed by atoms with Crippen LogP contribution in [0.2, 0.25) is 0 Å². The minimum atomic E-state index is -0.259. The van der Waals surface area contributed by atoms with Crippen LogP contribution in [-0.2, 0) is 0 Å². The molecule has 0 amide bonds. The van der Waals surface area contributed by atoms with Gasteiger partial charge in [0.15, 0.2) is 11.6 Å². The zero-order valence-electron chi connectivity index (χ0n) is 10.8. The molecule has 2 aliphatic carbocycles. The smallest absolute Gasteiger partial charge is 0.165 e. The summed E-state index contributed by atoms with van der Waals surface area (Å²) in [7, 11) is 2.21. The van der Waals surface area contributed by atoms with Crippen molar-refractivity contribution in [1.82, 2.24) is 4.90 Å². The summed E-state index contributed by atoms with van der Waals surface area (Å²) in [5.41, 5.74) is 0. The first kappa shape index (κ1) is 12.0. The van der Waals surface area contributed by atoms with E-state index in [1.165, 1.54) is 31.9 Å². The number of hydrogen-bond donors (Lipinski definition) is 0. The molecule has 0 heterocycles. The first-order valence-corrected chi connectivity index (χ1v) is 6.81. The van der Waals surface area contributed by atoms with Gasteiger partial charge in [-0.15, -0.1) is 0 Å². The predicted molar refractivity (Wildman–Crippen MR) is 69.1 cm³/mol. The lowest BCUT2D eigenvalue weighted by atomic mass is 10.3. The van der Waals surface area contributed by atoms with Crippen LogP contribution in [0.3, 0.4) is 0 Å². The lowest BCUT2D eigenvalue weighted by Gasteiger charge is -2.15. The van der Waals surface area contributed by atoms with Crippen LogP contribution < -0.4 is 4.74 Å². The van der Waals surface area contributed by atoms with E-state index in [2.05, 4.69) is 11.9 Å². The highest BCUT2D eigenvalue weighted by molar-refractivity contribution is 5.23. The molecule has 2 fully saturated rings. The zero-order valence-corrected chi connectivity index (χ0v) is 10.8. The Morgan fingerprint density at radius 1 is 1.28 bits per heavy atom. The molecule has 1 aromatic carbocycles. The highest BCUT2D eigenvalue weighted by atomic mass is 19.1. The number of halogens is 1. The van der Waals surface area contributed by atoms with Crippen molar-refractivity contribution in [3.05, 3.63) is 30.1 Å². The zero-order chi connectivity index (χ0) is 12.5. The normalized spacial score (nSPS) is 26.4. The fourth-order valence-corrected chi connectivity index (χ4v) is 2.53. The summed E-state index contributed by atoms with van der Waals surface area (Å²) in [6, 6.07) is 7.47. The van der Waals surface area contributed by atoms with Gasteiger partial charge in [-0.05, 0) is 50.3 Å². The van der Waals surface area contributed by atoms with Crippen molar-refractivity contribution in [3.8, 4) is 5.75 Å². The average Bonchev–Trinajstić information content (AvgIpc) is 3.23. The molecule has 1 aromatic rings. The third kappa shape index (κ3) is 2.83. The van der Waals surface area contributed by atoms with Crippen LogP contribution in [0, 0.1) is 17.7 Å². The van der Waals surface area contributed by atoms with Gasteiger partial charge >= 0.3 is 0 Å². The van der Waals surface area contributed by atoms with Crippen molar-refractivity contribution in [1.29, 1.82) is 0 Å². The molecule has 0 N–H and O–H groups in total. The molecular formula is C15H20FNO. The lowest BCUT2D eigenvalue weighted by molar-refractivity contribution is 0.258. The first-order valence-electron chi connectivity index (χ1n) is 6.81. The molecule has 0 bridgehead atoms. The second-order valence-corrected chi connectivity index (χ2v) is 5.67. The standard InChI is InChI=1S/C15H20FNO/c1-17(13-6-7-13)9-11-8-12(11)10-18-15-5-3-2-4-14(15)16/h2-5,11-13H,6-10H2,1H3. The second-order valence-electron chi connectivity index (χ2n) is 5.67. The first-order chi connectivity index (χ1) is 8.74. The van der Waals surface area contributed by atoms with Crippen LogP contribution in [0.1, 0.15) is 19.3 Å². The van der Waals surface area contributed by atoms with Gasteiger partial charge in [-0.25, -0.2) is 4.39 Å². The van der Waals surface area contributed by atoms with Crippen LogP contribution in [0.4, 0.5) is 4.39 Å². The molecule has 0 radical (unpaired) electrons. The highest BCUT2D eigenvalue weighted by Gasteiger charge is 2.40. The van der Waals surface area contributed by atoms with Crippen molar-refractivity contribution in [2.24, 2.45) is 11.8 Å². The van der Waals surface area contributed by atoms with E-state index in [0.717, 1.165) is 12.0 Å². The maximum Gasteiger partial charge on any atom is 0.165 e. The largest absolute Gasteiger partial charge is 0.490 e. The van der Waals surface area contributed by atoms with Gasteiger partial charge in [-0.2, -0.15) is 0 Å². The summed E-state index contributed by atoms with van der Waals surface area (Å²) in [6.45, 7) is 1.83. The van der Waals surface area contributed by atoms with E-state index in [1.54, 1.807) is 12.1 Å². The van der Waals surface area contributed by atoms with Crippen LogP contribution in [0.15, 0.2) is 24.3 Å². The van der Waals surface area contributed by atoms with E-state index in [9.17, 15) is 4.39 Å². The molecule has 0 saturated heterocycles. The summed E-state index contributed by atoms with van der Waals surface area (Å²) in [5, 5.41) is 0. The van der Waals surface area contributed by atoms with E-state index in [1.807, 2.05) is 6.07 Å². The molecule has 3 rings (SSSR count). The van der Waals surface area contributed by atoms with Gasteiger partial charge < -0.3 is 9.64 Å². The molecule has 0 aromatic heterocycles. The number of rotatable bonds is 6. The third-order valence-electron chi connectivity index (χ3n) is 4.05. The molecule has 2 saturated carbocycles. The Bertz CT molecular complexity index is 419. The van der Waals surface area contributed by atoms with Gasteiger partial charge in [-0.1, -0.05) is 12.1 Å². The summed E-state index contributed by atoms with van der Waals surface area (Å²) < 4.78 is 18.9. The Kier molecular flexibility index (Phi) is 3.25. The third-order valence-corrected chi connectivity index (χ3v) is 4.05. The summed E-state index contributed by atoms with van der Waals surface area (Å²) in [5.74, 6) is 1.50. The number of ether oxygens (including phenoxy) is 1. The summed E-state index contributed by atoms with van der Waals surface area (Å²) in [4.78, 5) is 2.47. The molecule has 0 spiro atoms. The Hall–Kier alpha value is -1.09. The van der Waals surface area contributed by atoms with Crippen molar-refractivity contribution < 1.29 is 9.13 Å². The van der Waals surface area contributed by atoms with Gasteiger partial charge in [0.2, 0.25) is 0 Å². The van der Waals surface area contributed by atoms with Gasteiger partial charge in [0.25, 0.3) is 0 Å². The molecule has 2 unspecified atom stereocenters. The maximum atomic E-state index is 13.3. The number of nitrogens with zero attached hydrogens (tertiary/aromatic N) is 1. The number of hydrogen-bond acceptors (Lipinski definition) is 2. The number of benzene rings is 1. The van der Waals surface area contributed by atoms with Crippen molar-refractivity contribution in [2.45, 2.75) is 25.3 Å². The van der Waals surface area contributed by atoms with Gasteiger partial charge in [-0.3, -0.25) is 0 Å². The van der Waals surface area contributed by atoms with E-state index in [-0.39, 0.29) is 5.82 Å². The topological polar surface area (TPSA) is 12.5 Å². The van der Waals surface area contributed by atoms with E-state index in [4.69, 9.17) is 4.74 Å². The van der Waals surface area contributed by atoms with E-state index >= 15 is 0 Å². The molecule has 2 aliphatic rings. The fraction of sp³-hybridized carbons (Fsp3) is 0.600. The molecule has 2 atom stereocenters. The van der Waals surface area contributed by atoms with E-state index < -0.39 is 0 Å². The monoisotopic (exact) mass is 249 g/mol. The SMILES string of the molecule is CN(CC1CC1COc1ccccc1F)C1CC1. The number of para-hydroxylation sites is 1. The van der Waals surface area contributed by atoms with Crippen LogP contribution in [-0.4, -0.2) is 31.1 Å². The Morgan fingerprint density at radius 3 is 2.78 bits per heavy atom. The maximum absolute atomic E-state index is 13.3.